The van der Waals surface area contributed by atoms with Crippen LogP contribution in [0.3, 0.4) is 0 Å². The second-order valence-electron chi connectivity index (χ2n) is 6.52. The van der Waals surface area contributed by atoms with E-state index in [1.54, 1.807) is 12.1 Å². The Kier molecular flexibility index (Phi) is 6.37. The number of carbonyl (C=O) groups is 1. The van der Waals surface area contributed by atoms with E-state index in [1.165, 1.54) is 12.1 Å². The summed E-state index contributed by atoms with van der Waals surface area (Å²) in [5.74, 6) is -0.0852. The number of aryl methyl sites for hydroxylation is 1. The lowest BCUT2D eigenvalue weighted by atomic mass is 9.97. The third-order valence-electron chi connectivity index (χ3n) is 4.36. The predicted octanol–water partition coefficient (Wildman–Crippen LogP) is 5.04. The first-order valence-corrected chi connectivity index (χ1v) is 8.96. The van der Waals surface area contributed by atoms with Gasteiger partial charge in [0, 0.05) is 0 Å². The quantitative estimate of drug-likeness (QED) is 0.622. The van der Waals surface area contributed by atoms with Crippen LogP contribution in [0, 0.1) is 6.92 Å². The Balaban J connectivity index is 1.73. The highest BCUT2D eigenvalue weighted by molar-refractivity contribution is 5.79. The highest BCUT2D eigenvalue weighted by Gasteiger charge is 2.17. The molecule has 0 bridgehead atoms. The molecule has 0 saturated heterocycles. The number of alkyl halides is 2. The molecule has 0 aliphatic carbocycles. The van der Waals surface area contributed by atoms with Crippen molar-refractivity contribution in [3.05, 3.63) is 101 Å². The maximum Gasteiger partial charge on any atom is 0.387 e. The minimum absolute atomic E-state index is 0.0703. The van der Waals surface area contributed by atoms with Crippen molar-refractivity contribution < 1.29 is 18.3 Å². The molecular weight excluding hydrogens is 360 g/mol. The van der Waals surface area contributed by atoms with Crippen LogP contribution in [0.5, 0.6) is 5.75 Å². The number of halogens is 2. The lowest BCUT2D eigenvalue weighted by molar-refractivity contribution is -0.120. The molecule has 1 amide bonds. The molecular formula is C23H21F2NO2. The summed E-state index contributed by atoms with van der Waals surface area (Å²) < 4.78 is 28.8. The van der Waals surface area contributed by atoms with E-state index < -0.39 is 6.61 Å². The maximum atomic E-state index is 12.6. The van der Waals surface area contributed by atoms with Gasteiger partial charge in [-0.25, -0.2) is 0 Å². The molecule has 1 atom stereocenters. The van der Waals surface area contributed by atoms with Crippen molar-refractivity contribution in [1.29, 1.82) is 0 Å². The van der Waals surface area contributed by atoms with Crippen LogP contribution in [0.4, 0.5) is 8.78 Å². The van der Waals surface area contributed by atoms with E-state index in [9.17, 15) is 13.6 Å². The Morgan fingerprint density at radius 2 is 1.50 bits per heavy atom. The van der Waals surface area contributed by atoms with E-state index in [0.29, 0.717) is 0 Å². The molecule has 3 rings (SSSR count). The van der Waals surface area contributed by atoms with Gasteiger partial charge in [0.05, 0.1) is 12.5 Å². The fourth-order valence-corrected chi connectivity index (χ4v) is 2.95. The van der Waals surface area contributed by atoms with Gasteiger partial charge in [-0.05, 0) is 35.7 Å². The molecule has 28 heavy (non-hydrogen) atoms. The summed E-state index contributed by atoms with van der Waals surface area (Å²) in [6, 6.07) is 23.6. The molecule has 0 aliphatic rings. The molecule has 0 aromatic heterocycles. The molecule has 3 nitrogen and oxygen atoms in total. The van der Waals surface area contributed by atoms with Gasteiger partial charge in [0.2, 0.25) is 5.91 Å². The Morgan fingerprint density at radius 1 is 0.893 bits per heavy atom. The van der Waals surface area contributed by atoms with E-state index in [4.69, 9.17) is 0 Å². The number of benzene rings is 3. The smallest absolute Gasteiger partial charge is 0.387 e. The second-order valence-corrected chi connectivity index (χ2v) is 6.52. The van der Waals surface area contributed by atoms with Crippen LogP contribution in [0.1, 0.15) is 28.3 Å². The molecule has 5 heteroatoms. The molecule has 0 saturated carbocycles. The number of ether oxygens (including phenoxy) is 1. The molecule has 0 radical (unpaired) electrons. The molecule has 0 spiro atoms. The number of nitrogens with one attached hydrogen (secondary N) is 1. The van der Waals surface area contributed by atoms with E-state index in [-0.39, 0.29) is 24.1 Å². The zero-order valence-electron chi connectivity index (χ0n) is 15.4. The molecule has 3 aromatic rings. The molecule has 0 aliphatic heterocycles. The maximum absolute atomic E-state index is 12.6. The second kappa shape index (κ2) is 9.13. The average Bonchev–Trinajstić information content (AvgIpc) is 2.69. The van der Waals surface area contributed by atoms with Crippen molar-refractivity contribution in [2.75, 3.05) is 0 Å². The topological polar surface area (TPSA) is 38.3 Å². The van der Waals surface area contributed by atoms with Crippen molar-refractivity contribution in [3.63, 3.8) is 0 Å². The zero-order valence-corrected chi connectivity index (χ0v) is 15.4. The molecule has 3 aromatic carbocycles. The largest absolute Gasteiger partial charge is 0.435 e. The highest BCUT2D eigenvalue weighted by atomic mass is 19.3. The monoisotopic (exact) mass is 381 g/mol. The number of hydrogen-bond acceptors (Lipinski definition) is 2. The van der Waals surface area contributed by atoms with Crippen LogP contribution < -0.4 is 10.1 Å². The van der Waals surface area contributed by atoms with Gasteiger partial charge in [0.15, 0.2) is 0 Å². The average molecular weight is 381 g/mol. The Labute approximate surface area is 163 Å². The zero-order chi connectivity index (χ0) is 19.9. The highest BCUT2D eigenvalue weighted by Crippen LogP contribution is 2.23. The van der Waals surface area contributed by atoms with Gasteiger partial charge in [0.25, 0.3) is 0 Å². The SMILES string of the molecule is Cc1ccc(C(NC(=O)Cc2ccc(OC(F)F)cc2)c2ccccc2)cc1. The fourth-order valence-electron chi connectivity index (χ4n) is 2.95. The number of rotatable bonds is 7. The molecule has 1 unspecified atom stereocenters. The summed E-state index contributed by atoms with van der Waals surface area (Å²) in [5.41, 5.74) is 3.84. The fraction of sp³-hybridized carbons (Fsp3) is 0.174. The minimum Gasteiger partial charge on any atom is -0.435 e. The van der Waals surface area contributed by atoms with Gasteiger partial charge in [0.1, 0.15) is 5.75 Å². The van der Waals surface area contributed by atoms with Crippen LogP contribution in [-0.4, -0.2) is 12.5 Å². The van der Waals surface area contributed by atoms with Crippen molar-refractivity contribution >= 4 is 5.91 Å². The first kappa shape index (κ1) is 19.5. The molecule has 0 heterocycles. The Morgan fingerprint density at radius 3 is 2.11 bits per heavy atom. The van der Waals surface area contributed by atoms with E-state index in [0.717, 1.165) is 22.3 Å². The van der Waals surface area contributed by atoms with Gasteiger partial charge in [-0.3, -0.25) is 4.79 Å². The van der Waals surface area contributed by atoms with Crippen molar-refractivity contribution in [3.8, 4) is 5.75 Å². The van der Waals surface area contributed by atoms with Crippen molar-refractivity contribution in [2.24, 2.45) is 0 Å². The number of amides is 1. The summed E-state index contributed by atoms with van der Waals surface area (Å²) in [5, 5.41) is 3.07. The van der Waals surface area contributed by atoms with Crippen LogP contribution in [-0.2, 0) is 11.2 Å². The van der Waals surface area contributed by atoms with Gasteiger partial charge >= 0.3 is 6.61 Å². The summed E-state index contributed by atoms with van der Waals surface area (Å²) in [6.07, 6.45) is 0.143. The minimum atomic E-state index is -2.87. The summed E-state index contributed by atoms with van der Waals surface area (Å²) in [6.45, 7) is -0.850. The first-order chi connectivity index (χ1) is 13.5. The van der Waals surface area contributed by atoms with Gasteiger partial charge in [-0.15, -0.1) is 0 Å². The van der Waals surface area contributed by atoms with Gasteiger partial charge in [-0.1, -0.05) is 72.3 Å². The lowest BCUT2D eigenvalue weighted by Crippen LogP contribution is -2.30. The van der Waals surface area contributed by atoms with Crippen LogP contribution >= 0.6 is 0 Å². The third kappa shape index (κ3) is 5.39. The lowest BCUT2D eigenvalue weighted by Gasteiger charge is -2.20. The van der Waals surface area contributed by atoms with Crippen molar-refractivity contribution in [2.45, 2.75) is 26.0 Å². The summed E-state index contributed by atoms with van der Waals surface area (Å²) >= 11 is 0. The molecule has 1 N–H and O–H groups in total. The van der Waals surface area contributed by atoms with E-state index >= 15 is 0 Å². The van der Waals surface area contributed by atoms with Crippen molar-refractivity contribution in [1.82, 2.24) is 5.32 Å². The molecule has 144 valence electrons. The van der Waals surface area contributed by atoms with E-state index in [2.05, 4.69) is 10.1 Å². The number of carbonyl (C=O) groups excluding carboxylic acids is 1. The predicted molar refractivity (Wildman–Crippen MR) is 104 cm³/mol. The van der Waals surface area contributed by atoms with Gasteiger partial charge in [-0.2, -0.15) is 8.78 Å². The van der Waals surface area contributed by atoms with Gasteiger partial charge < -0.3 is 10.1 Å². The summed E-state index contributed by atoms with van der Waals surface area (Å²) in [4.78, 5) is 12.6. The van der Waals surface area contributed by atoms with Crippen LogP contribution in [0.15, 0.2) is 78.9 Å². The first-order valence-electron chi connectivity index (χ1n) is 8.96. The molecule has 0 fully saturated rings. The standard InChI is InChI=1S/C23H21F2NO2/c1-16-7-11-19(12-8-16)22(18-5-3-2-4-6-18)26-21(27)15-17-9-13-20(14-10-17)28-23(24)25/h2-14,22-23H,15H2,1H3,(H,26,27). The van der Waals surface area contributed by atoms with Crippen LogP contribution in [0.2, 0.25) is 0 Å². The Hall–Kier alpha value is -3.21. The Bertz CT molecular complexity index is 894. The van der Waals surface area contributed by atoms with E-state index in [1.807, 2.05) is 61.5 Å². The summed E-state index contributed by atoms with van der Waals surface area (Å²) in [7, 11) is 0. The van der Waals surface area contributed by atoms with Crippen LogP contribution in [0.25, 0.3) is 0 Å². The third-order valence-corrected chi connectivity index (χ3v) is 4.36. The number of hydrogen-bond donors (Lipinski definition) is 1. The normalized spacial score (nSPS) is 11.9.